The third-order valence-corrected chi connectivity index (χ3v) is 3.35. The van der Waals surface area contributed by atoms with Crippen LogP contribution in [0.4, 0.5) is 17.6 Å². The fourth-order valence-electron chi connectivity index (χ4n) is 2.13. The molecule has 4 nitrogen and oxygen atoms in total. The molecule has 0 heterocycles. The van der Waals surface area contributed by atoms with Gasteiger partial charge in [0.1, 0.15) is 5.82 Å². The topological polar surface area (TPSA) is 78.9 Å². The number of nitrogens with one attached hydrogen (secondary N) is 1. The van der Waals surface area contributed by atoms with Gasteiger partial charge in [0.15, 0.2) is 0 Å². The average molecular weight is 393 g/mol. The van der Waals surface area contributed by atoms with Crippen molar-refractivity contribution in [3.63, 3.8) is 0 Å². The second kappa shape index (κ2) is 10.7. The van der Waals surface area contributed by atoms with Crippen LogP contribution in [0.3, 0.4) is 0 Å². The lowest BCUT2D eigenvalue weighted by molar-refractivity contribution is -0.124. The van der Waals surface area contributed by atoms with Crippen LogP contribution in [0.2, 0.25) is 0 Å². The number of hydrogen-bond donors (Lipinski definition) is 2. The van der Waals surface area contributed by atoms with E-state index >= 15 is 0 Å². The number of rotatable bonds is 5. The van der Waals surface area contributed by atoms with Gasteiger partial charge in [0.2, 0.25) is 5.91 Å². The second-order valence-corrected chi connectivity index (χ2v) is 5.50. The van der Waals surface area contributed by atoms with Crippen LogP contribution >= 0.6 is 0 Å². The SMILES string of the molecule is CCN/C(=C\CC(F)(F)F)c1ccc(C(N)=O)cc1C#N.Fc1ccccc1. The van der Waals surface area contributed by atoms with E-state index in [1.165, 1.54) is 30.3 Å². The molecule has 0 radical (unpaired) electrons. The van der Waals surface area contributed by atoms with Crippen molar-refractivity contribution in [2.75, 3.05) is 6.54 Å². The Kier molecular flexibility index (Phi) is 8.69. The fourth-order valence-corrected chi connectivity index (χ4v) is 2.13. The number of nitriles is 1. The summed E-state index contributed by atoms with van der Waals surface area (Å²) in [6.45, 7) is 2.12. The highest BCUT2D eigenvalue weighted by molar-refractivity contribution is 5.93. The second-order valence-electron chi connectivity index (χ2n) is 5.50. The molecule has 1 amide bonds. The van der Waals surface area contributed by atoms with Gasteiger partial charge in [-0.2, -0.15) is 18.4 Å². The summed E-state index contributed by atoms with van der Waals surface area (Å²) in [6, 6.07) is 13.8. The number of primary amides is 1. The maximum absolute atomic E-state index is 12.3. The Bertz CT molecular complexity index is 856. The van der Waals surface area contributed by atoms with E-state index in [1.807, 2.05) is 6.07 Å². The number of carbonyl (C=O) groups is 1. The van der Waals surface area contributed by atoms with Gasteiger partial charge in [-0.1, -0.05) is 30.3 Å². The van der Waals surface area contributed by atoms with Crippen LogP contribution in [-0.2, 0) is 0 Å². The molecule has 28 heavy (non-hydrogen) atoms. The Morgan fingerprint density at radius 1 is 1.21 bits per heavy atom. The van der Waals surface area contributed by atoms with Gasteiger partial charge in [-0.15, -0.1) is 0 Å². The molecular weight excluding hydrogens is 374 g/mol. The Labute approximate surface area is 160 Å². The summed E-state index contributed by atoms with van der Waals surface area (Å²) in [4.78, 5) is 11.1. The molecule has 0 unspecified atom stereocenters. The van der Waals surface area contributed by atoms with Gasteiger partial charge in [0.05, 0.1) is 18.1 Å². The van der Waals surface area contributed by atoms with Gasteiger partial charge in [-0.25, -0.2) is 4.39 Å². The minimum atomic E-state index is -4.33. The standard InChI is InChI=1S/C14H14F3N3O.C6H5F/c1-2-20-12(5-6-14(15,16)17)11-4-3-9(13(19)21)7-10(11)8-18;7-6-4-2-1-3-5-6/h3-5,7,20H,2,6H2,1H3,(H2,19,21);1-5H/b12-5-;. The Morgan fingerprint density at radius 3 is 2.29 bits per heavy atom. The zero-order chi connectivity index (χ0) is 21.2. The molecule has 2 aromatic carbocycles. The van der Waals surface area contributed by atoms with E-state index in [-0.39, 0.29) is 22.6 Å². The average Bonchev–Trinajstić information content (AvgIpc) is 2.65. The molecule has 0 aliphatic heterocycles. The fraction of sp³-hybridized carbons (Fsp3) is 0.200. The van der Waals surface area contributed by atoms with E-state index in [4.69, 9.17) is 11.0 Å². The number of allylic oxidation sites excluding steroid dienone is 1. The molecule has 0 atom stereocenters. The number of amides is 1. The molecular formula is C20H19F4N3O. The van der Waals surface area contributed by atoms with Crippen molar-refractivity contribution in [1.82, 2.24) is 5.32 Å². The molecule has 2 aromatic rings. The molecule has 0 aromatic heterocycles. The lowest BCUT2D eigenvalue weighted by Gasteiger charge is -2.13. The predicted octanol–water partition coefficient (Wildman–Crippen LogP) is 4.39. The van der Waals surface area contributed by atoms with Gasteiger partial charge in [-0.3, -0.25) is 4.79 Å². The van der Waals surface area contributed by atoms with Crippen LogP contribution in [0, 0.1) is 17.1 Å². The molecule has 0 spiro atoms. The minimum Gasteiger partial charge on any atom is -0.385 e. The zero-order valence-corrected chi connectivity index (χ0v) is 15.1. The Balaban J connectivity index is 0.000000467. The van der Waals surface area contributed by atoms with E-state index in [2.05, 4.69) is 5.32 Å². The van der Waals surface area contributed by atoms with Gasteiger partial charge < -0.3 is 11.1 Å². The smallest absolute Gasteiger partial charge is 0.385 e. The summed E-state index contributed by atoms with van der Waals surface area (Å²) in [5.74, 6) is -0.884. The number of benzene rings is 2. The first kappa shape index (κ1) is 22.7. The van der Waals surface area contributed by atoms with Crippen LogP contribution in [0.15, 0.2) is 54.6 Å². The van der Waals surface area contributed by atoms with E-state index in [0.29, 0.717) is 12.1 Å². The first-order valence-electron chi connectivity index (χ1n) is 8.23. The van der Waals surface area contributed by atoms with Crippen molar-refractivity contribution in [2.45, 2.75) is 19.5 Å². The van der Waals surface area contributed by atoms with E-state index < -0.39 is 18.5 Å². The molecule has 2 rings (SSSR count). The van der Waals surface area contributed by atoms with E-state index in [1.54, 1.807) is 25.1 Å². The van der Waals surface area contributed by atoms with Crippen LogP contribution in [0.25, 0.3) is 5.70 Å². The highest BCUT2D eigenvalue weighted by atomic mass is 19.4. The van der Waals surface area contributed by atoms with Gasteiger partial charge in [0.25, 0.3) is 0 Å². The summed E-state index contributed by atoms with van der Waals surface area (Å²) in [7, 11) is 0. The summed E-state index contributed by atoms with van der Waals surface area (Å²) in [6.07, 6.45) is -4.47. The van der Waals surface area contributed by atoms with Crippen LogP contribution in [0.1, 0.15) is 34.8 Å². The number of alkyl halides is 3. The van der Waals surface area contributed by atoms with Crippen molar-refractivity contribution in [3.05, 3.63) is 77.1 Å². The highest BCUT2D eigenvalue weighted by Crippen LogP contribution is 2.24. The highest BCUT2D eigenvalue weighted by Gasteiger charge is 2.25. The van der Waals surface area contributed by atoms with Crippen LogP contribution in [0.5, 0.6) is 0 Å². The molecule has 0 aliphatic rings. The number of nitrogens with zero attached hydrogens (tertiary/aromatic N) is 1. The third kappa shape index (κ3) is 7.91. The summed E-state index contributed by atoms with van der Waals surface area (Å²) >= 11 is 0. The number of halogens is 4. The molecule has 0 fully saturated rings. The number of hydrogen-bond acceptors (Lipinski definition) is 3. The van der Waals surface area contributed by atoms with Gasteiger partial charge in [0, 0.05) is 23.4 Å². The Hall–Kier alpha value is -3.34. The van der Waals surface area contributed by atoms with Crippen LogP contribution in [-0.4, -0.2) is 18.6 Å². The first-order chi connectivity index (χ1) is 13.2. The molecule has 0 saturated heterocycles. The van der Waals surface area contributed by atoms with Crippen molar-refractivity contribution < 1.29 is 22.4 Å². The molecule has 0 aliphatic carbocycles. The largest absolute Gasteiger partial charge is 0.392 e. The minimum absolute atomic E-state index is 0.0840. The lowest BCUT2D eigenvalue weighted by atomic mass is 10.0. The maximum Gasteiger partial charge on any atom is 0.392 e. The van der Waals surface area contributed by atoms with Crippen LogP contribution < -0.4 is 11.1 Å². The predicted molar refractivity (Wildman–Crippen MR) is 98.4 cm³/mol. The summed E-state index contributed by atoms with van der Waals surface area (Å²) < 4.78 is 48.9. The molecule has 8 heteroatoms. The molecule has 0 bridgehead atoms. The van der Waals surface area contributed by atoms with Gasteiger partial charge in [-0.05, 0) is 31.2 Å². The third-order valence-electron chi connectivity index (χ3n) is 3.35. The Morgan fingerprint density at radius 2 is 1.86 bits per heavy atom. The van der Waals surface area contributed by atoms with Crippen molar-refractivity contribution in [1.29, 1.82) is 5.26 Å². The first-order valence-corrected chi connectivity index (χ1v) is 8.23. The molecule has 0 saturated carbocycles. The van der Waals surface area contributed by atoms with Crippen molar-refractivity contribution >= 4 is 11.6 Å². The van der Waals surface area contributed by atoms with Gasteiger partial charge >= 0.3 is 6.18 Å². The van der Waals surface area contributed by atoms with Crippen molar-refractivity contribution in [3.8, 4) is 6.07 Å². The summed E-state index contributed by atoms with van der Waals surface area (Å²) in [5, 5.41) is 11.9. The molecule has 148 valence electrons. The zero-order valence-electron chi connectivity index (χ0n) is 15.1. The summed E-state index contributed by atoms with van der Waals surface area (Å²) in [5.41, 5.74) is 5.82. The van der Waals surface area contributed by atoms with E-state index in [0.717, 1.165) is 6.08 Å². The normalized spacial score (nSPS) is 11.1. The number of carbonyl (C=O) groups excluding carboxylic acids is 1. The lowest BCUT2D eigenvalue weighted by Crippen LogP contribution is -2.15. The number of nitrogens with two attached hydrogens (primary N) is 1. The van der Waals surface area contributed by atoms with Crippen molar-refractivity contribution in [2.24, 2.45) is 5.73 Å². The maximum atomic E-state index is 12.3. The quantitative estimate of drug-likeness (QED) is 0.740. The monoisotopic (exact) mass is 393 g/mol. The van der Waals surface area contributed by atoms with E-state index in [9.17, 15) is 22.4 Å². The molecule has 3 N–H and O–H groups in total.